The maximum Gasteiger partial charge on any atom is 0.355 e. The van der Waals surface area contributed by atoms with E-state index in [1.165, 1.54) is 63.4 Å². The van der Waals surface area contributed by atoms with Gasteiger partial charge in [-0.05, 0) is 175 Å². The van der Waals surface area contributed by atoms with Crippen molar-refractivity contribution < 1.29 is 33.8 Å². The van der Waals surface area contributed by atoms with Crippen molar-refractivity contribution >= 4 is 73.7 Å². The van der Waals surface area contributed by atoms with Crippen LogP contribution in [0.1, 0.15) is 210 Å². The molecule has 0 radical (unpaired) electrons. The molecule has 92 heavy (non-hydrogen) atoms. The highest BCUT2D eigenvalue weighted by atomic mass is 32.1. The summed E-state index contributed by atoms with van der Waals surface area (Å²) in [4.78, 5) is 81.3. The van der Waals surface area contributed by atoms with Crippen molar-refractivity contribution in [2.45, 2.75) is 206 Å². The average molecular weight is 1270 g/mol. The maximum absolute atomic E-state index is 13.2. The van der Waals surface area contributed by atoms with Crippen LogP contribution in [0, 0.1) is 30.1 Å². The van der Waals surface area contributed by atoms with E-state index >= 15 is 0 Å². The van der Waals surface area contributed by atoms with Crippen LogP contribution in [0.5, 0.6) is 0 Å². The van der Waals surface area contributed by atoms with E-state index in [0.717, 1.165) is 153 Å². The fourth-order valence-corrected chi connectivity index (χ4v) is 19.2. The fourth-order valence-electron chi connectivity index (χ4n) is 18.3. The van der Waals surface area contributed by atoms with Gasteiger partial charge < -0.3 is 34.8 Å². The lowest BCUT2D eigenvalue weighted by molar-refractivity contribution is -0.248. The number of aromatic carboxylic acids is 1. The first-order valence-corrected chi connectivity index (χ1v) is 35.1. The van der Waals surface area contributed by atoms with Crippen molar-refractivity contribution in [3.63, 3.8) is 0 Å². The molecule has 4 aliphatic carbocycles. The third kappa shape index (κ3) is 13.4. The number of unbranched alkanes of at least 4 members (excludes halogenated alkanes) is 9. The quantitative estimate of drug-likeness (QED) is 0.0339. The zero-order chi connectivity index (χ0) is 63.9. The van der Waals surface area contributed by atoms with Crippen LogP contribution in [0.15, 0.2) is 60.8 Å². The summed E-state index contributed by atoms with van der Waals surface area (Å²) in [7, 11) is 2.24. The molecule has 20 heteroatoms. The van der Waals surface area contributed by atoms with E-state index in [4.69, 9.17) is 24.9 Å². The van der Waals surface area contributed by atoms with Crippen LogP contribution in [-0.4, -0.2) is 137 Å². The van der Waals surface area contributed by atoms with E-state index in [1.54, 1.807) is 16.2 Å². The number of piperidine rings is 2. The molecule has 14 rings (SSSR count). The van der Waals surface area contributed by atoms with Crippen molar-refractivity contribution in [1.29, 1.82) is 0 Å². The fraction of sp³-hybridized carbons (Fsp3) is 0.583. The van der Waals surface area contributed by atoms with E-state index < -0.39 is 12.0 Å². The number of hydrogen-bond acceptors (Lipinski definition) is 15. The van der Waals surface area contributed by atoms with Crippen LogP contribution in [0.3, 0.4) is 0 Å². The van der Waals surface area contributed by atoms with Gasteiger partial charge in [-0.2, -0.15) is 5.10 Å². The van der Waals surface area contributed by atoms with Gasteiger partial charge >= 0.3 is 5.97 Å². The third-order valence-electron chi connectivity index (χ3n) is 21.7. The molecule has 0 spiro atoms. The van der Waals surface area contributed by atoms with E-state index in [1.807, 2.05) is 58.5 Å². The number of nitrogens with one attached hydrogen (secondary N) is 2. The highest BCUT2D eigenvalue weighted by Crippen LogP contribution is 2.72. The first kappa shape index (κ1) is 63.6. The number of ether oxygens (including phenoxy) is 1. The number of aromatic nitrogens is 6. The zero-order valence-corrected chi connectivity index (χ0v) is 55.4. The summed E-state index contributed by atoms with van der Waals surface area (Å²) in [6.07, 6.45) is 25.3. The van der Waals surface area contributed by atoms with Crippen LogP contribution >= 0.6 is 11.3 Å². The van der Waals surface area contributed by atoms with E-state index in [-0.39, 0.29) is 57.6 Å². The predicted molar refractivity (Wildman–Crippen MR) is 357 cm³/mol. The van der Waals surface area contributed by atoms with Gasteiger partial charge in [0.25, 0.3) is 5.91 Å². The smallest absolute Gasteiger partial charge is 0.355 e. The van der Waals surface area contributed by atoms with Crippen molar-refractivity contribution in [3.8, 4) is 11.1 Å². The SMILES string of the molecule is Cc1c(Nc2nc3ccccc3s2)nnc2c1CCCN2c1ccc(-c2cnn(CC34CC5(C)CC(C)(C3)CC(OCCN(C)CCCCCCCCCCCCC(=O)N3CCC(c6ccc7c(c6)CN(C6CCC(=O)NC6=O)C7=O)CC3)(C5)C4)c2C)c(C(=O)O)n1. The number of para-hydroxylation sites is 1. The van der Waals surface area contributed by atoms with Crippen molar-refractivity contribution in [1.82, 2.24) is 50.0 Å². The number of hydrogen-bond donors (Lipinski definition) is 3. The topological polar surface area (TPSA) is 221 Å². The molecule has 4 bridgehead atoms. The number of likely N-dealkylation sites (tertiary alicyclic amines) is 1. The number of benzene rings is 2. The number of pyridine rings is 1. The lowest BCUT2D eigenvalue weighted by atomic mass is 9.39. The number of carboxylic acid groups (broad SMARTS) is 1. The monoisotopic (exact) mass is 1270 g/mol. The molecular formula is C72H92N12O7S. The Bertz CT molecular complexity index is 3730. The van der Waals surface area contributed by atoms with Crippen molar-refractivity contribution in [3.05, 3.63) is 100.0 Å². The third-order valence-corrected chi connectivity index (χ3v) is 22.7. The number of amides is 4. The molecule has 3 atom stereocenters. The highest BCUT2D eigenvalue weighted by molar-refractivity contribution is 7.22. The van der Waals surface area contributed by atoms with E-state index in [0.29, 0.717) is 60.4 Å². The molecule has 4 aliphatic heterocycles. The number of thiazole rings is 1. The Hall–Kier alpha value is -7.16. The molecule has 2 saturated heterocycles. The molecule has 3 unspecified atom stereocenters. The van der Waals surface area contributed by atoms with Gasteiger partial charge in [-0.25, -0.2) is 14.8 Å². The molecule has 19 nitrogen and oxygen atoms in total. The van der Waals surface area contributed by atoms with E-state index in [2.05, 4.69) is 72.2 Å². The molecule has 6 aromatic rings. The summed E-state index contributed by atoms with van der Waals surface area (Å²) in [5.41, 5.74) is 8.30. The standard InChI is InChI=1S/C72H92N12O7S/c1-47-52-19-18-32-82(64(52)79-78-63(47)77-68-74-56-20-15-16-21-58(56)92-68)59-27-25-54(62(75-59)67(89)90)55-38-73-84(48(55)2)46-71-41-69(3)40-70(4,42-71)44-72(43-69,45-71)91-36-35-80(5)31-17-13-11-9-7-6-8-10-12-14-22-61(86)81-33-29-49(30-34-81)50-23-24-53-51(37-50)39-83(66(53)88)57-26-28-60(85)76-65(57)87/h15-16,20-21,23-25,27,37-38,49,57H,6-14,17-19,22,26,28-36,39-46H2,1-5H3,(H,89,90)(H,74,77,78)(H,76,85,87). The molecule has 488 valence electrons. The Labute approximate surface area is 544 Å². The normalized spacial score (nSPS) is 24.5. The Morgan fingerprint density at radius 1 is 0.793 bits per heavy atom. The predicted octanol–water partition coefficient (Wildman–Crippen LogP) is 13.0. The van der Waals surface area contributed by atoms with Gasteiger partial charge in [0.1, 0.15) is 11.9 Å². The molecular weight excluding hydrogens is 1180 g/mol. The lowest BCUT2D eigenvalue weighted by Crippen LogP contribution is -2.64. The molecule has 8 heterocycles. The van der Waals surface area contributed by atoms with E-state index in [9.17, 15) is 29.1 Å². The molecule has 4 amide bonds. The summed E-state index contributed by atoms with van der Waals surface area (Å²) in [6, 6.07) is 17.3. The summed E-state index contributed by atoms with van der Waals surface area (Å²) in [6.45, 7) is 15.2. The Morgan fingerprint density at radius 3 is 2.26 bits per heavy atom. The number of nitrogens with zero attached hydrogens (tertiary/aromatic N) is 10. The van der Waals surface area contributed by atoms with Gasteiger partial charge in [-0.3, -0.25) is 29.2 Å². The number of carbonyl (C=O) groups is 5. The second-order valence-electron chi connectivity index (χ2n) is 29.3. The zero-order valence-electron chi connectivity index (χ0n) is 54.6. The average Bonchev–Trinajstić information content (AvgIpc) is 0.758. The summed E-state index contributed by atoms with van der Waals surface area (Å²) in [5, 5.41) is 31.6. The number of likely N-dealkylation sites (N-methyl/N-ethyl adjacent to an activating group) is 1. The summed E-state index contributed by atoms with van der Waals surface area (Å²) in [5.74, 6) is 0.597. The van der Waals surface area contributed by atoms with Gasteiger partial charge in [0, 0.05) is 85.6 Å². The second kappa shape index (κ2) is 26.3. The maximum atomic E-state index is 13.2. The van der Waals surface area contributed by atoms with Gasteiger partial charge in [-0.1, -0.05) is 101 Å². The van der Waals surface area contributed by atoms with Crippen molar-refractivity contribution in [2.24, 2.45) is 16.2 Å². The summed E-state index contributed by atoms with van der Waals surface area (Å²) < 4.78 is 10.4. The molecule has 3 N–H and O–H groups in total. The summed E-state index contributed by atoms with van der Waals surface area (Å²) >= 11 is 1.58. The minimum atomic E-state index is -1.08. The van der Waals surface area contributed by atoms with Gasteiger partial charge in [0.05, 0.1) is 28.6 Å². The largest absolute Gasteiger partial charge is 0.476 e. The Kier molecular flexibility index (Phi) is 18.2. The molecule has 4 aromatic heterocycles. The van der Waals surface area contributed by atoms with Gasteiger partial charge in [0.2, 0.25) is 17.7 Å². The Balaban J connectivity index is 0.517. The van der Waals surface area contributed by atoms with Gasteiger partial charge in [-0.15, -0.1) is 10.2 Å². The number of imide groups is 1. The van der Waals surface area contributed by atoms with Crippen LogP contribution in [0.2, 0.25) is 0 Å². The number of carbonyl (C=O) groups excluding carboxylic acids is 4. The van der Waals surface area contributed by atoms with Crippen molar-refractivity contribution in [2.75, 3.05) is 56.6 Å². The molecule has 8 aliphatic rings. The van der Waals surface area contributed by atoms with Crippen LogP contribution in [0.4, 0.5) is 22.6 Å². The first-order valence-electron chi connectivity index (χ1n) is 34.3. The van der Waals surface area contributed by atoms with Crippen LogP contribution < -0.4 is 15.5 Å². The second-order valence-corrected chi connectivity index (χ2v) is 30.3. The molecule has 6 fully saturated rings. The first-order chi connectivity index (χ1) is 44.3. The Morgan fingerprint density at radius 2 is 1.52 bits per heavy atom. The number of anilines is 4. The lowest BCUT2D eigenvalue weighted by Gasteiger charge is -2.69. The van der Waals surface area contributed by atoms with Crippen LogP contribution in [0.25, 0.3) is 21.3 Å². The van der Waals surface area contributed by atoms with Gasteiger partial charge in [0.15, 0.2) is 22.5 Å². The molecule has 4 saturated carbocycles. The minimum absolute atomic E-state index is 0.00291. The molecule has 2 aromatic carbocycles. The van der Waals surface area contributed by atoms with Crippen LogP contribution in [-0.2, 0) is 38.6 Å². The minimum Gasteiger partial charge on any atom is -0.476 e. The highest BCUT2D eigenvalue weighted by Gasteiger charge is 2.66. The number of fused-ring (bicyclic) bond motifs is 3. The number of rotatable bonds is 26. The number of carboxylic acids is 1.